The summed E-state index contributed by atoms with van der Waals surface area (Å²) in [4.78, 5) is 4.35. The van der Waals surface area contributed by atoms with Crippen LogP contribution in [0.4, 0.5) is 0 Å². The van der Waals surface area contributed by atoms with Crippen LogP contribution in [0.1, 0.15) is 23.9 Å². The quantitative estimate of drug-likeness (QED) is 0.839. The van der Waals surface area contributed by atoms with Crippen molar-refractivity contribution in [3.05, 3.63) is 47.5 Å². The maximum atomic E-state index is 4.35. The molecule has 1 N–H and O–H groups in total. The summed E-state index contributed by atoms with van der Waals surface area (Å²) >= 11 is 0. The Morgan fingerprint density at radius 1 is 1.30 bits per heavy atom. The molecular formula is C16H24N4. The Hall–Kier alpha value is -1.68. The Bertz CT molecular complexity index is 533. The van der Waals surface area contributed by atoms with Gasteiger partial charge in [-0.2, -0.15) is 5.10 Å². The second-order valence-corrected chi connectivity index (χ2v) is 5.37. The molecule has 4 heteroatoms. The second-order valence-electron chi connectivity index (χ2n) is 5.37. The van der Waals surface area contributed by atoms with Crippen molar-refractivity contribution < 1.29 is 0 Å². The number of nitrogens with one attached hydrogen (secondary N) is 1. The van der Waals surface area contributed by atoms with Gasteiger partial charge < -0.3 is 5.32 Å². The lowest BCUT2D eigenvalue weighted by atomic mass is 9.95. The molecule has 0 amide bonds. The van der Waals surface area contributed by atoms with Crippen LogP contribution in [-0.4, -0.2) is 27.9 Å². The molecule has 108 valence electrons. The van der Waals surface area contributed by atoms with E-state index in [9.17, 15) is 0 Å². The highest BCUT2D eigenvalue weighted by Crippen LogP contribution is 2.14. The van der Waals surface area contributed by atoms with E-state index in [1.54, 1.807) is 6.33 Å². The molecule has 4 nitrogen and oxygen atoms in total. The number of hydrogen-bond acceptors (Lipinski definition) is 3. The second kappa shape index (κ2) is 7.20. The molecule has 0 spiro atoms. The fourth-order valence-corrected chi connectivity index (χ4v) is 2.50. The molecule has 2 aromatic rings. The Morgan fingerprint density at radius 2 is 2.15 bits per heavy atom. The summed E-state index contributed by atoms with van der Waals surface area (Å²) in [5.74, 6) is 1.60. The van der Waals surface area contributed by atoms with E-state index in [1.807, 2.05) is 11.7 Å². The van der Waals surface area contributed by atoms with Crippen LogP contribution in [0.3, 0.4) is 0 Å². The van der Waals surface area contributed by atoms with Gasteiger partial charge in [-0.3, -0.25) is 4.68 Å². The number of aryl methyl sites for hydroxylation is 2. The average molecular weight is 272 g/mol. The van der Waals surface area contributed by atoms with E-state index in [2.05, 4.69) is 53.5 Å². The molecule has 20 heavy (non-hydrogen) atoms. The van der Waals surface area contributed by atoms with Crippen molar-refractivity contribution in [2.45, 2.75) is 26.7 Å². The van der Waals surface area contributed by atoms with Crippen LogP contribution in [0.2, 0.25) is 0 Å². The van der Waals surface area contributed by atoms with Gasteiger partial charge in [0.05, 0.1) is 0 Å². The molecule has 0 radical (unpaired) electrons. The summed E-state index contributed by atoms with van der Waals surface area (Å²) in [5, 5.41) is 7.61. The molecule has 1 atom stereocenters. The van der Waals surface area contributed by atoms with Crippen LogP contribution in [-0.2, 0) is 19.9 Å². The smallest absolute Gasteiger partial charge is 0.138 e. The van der Waals surface area contributed by atoms with E-state index in [1.165, 1.54) is 11.1 Å². The Morgan fingerprint density at radius 3 is 2.80 bits per heavy atom. The molecule has 1 aromatic carbocycles. The molecule has 0 bridgehead atoms. The maximum Gasteiger partial charge on any atom is 0.138 e. The van der Waals surface area contributed by atoms with Crippen LogP contribution in [0, 0.1) is 12.8 Å². The lowest BCUT2D eigenvalue weighted by Crippen LogP contribution is -2.26. The molecule has 1 heterocycles. The van der Waals surface area contributed by atoms with Crippen LogP contribution in [0.25, 0.3) is 0 Å². The first-order chi connectivity index (χ1) is 9.69. The van der Waals surface area contributed by atoms with Gasteiger partial charge in [0, 0.05) is 13.5 Å². The first-order valence-corrected chi connectivity index (χ1v) is 7.28. The molecule has 1 aromatic heterocycles. The first kappa shape index (κ1) is 14.7. The average Bonchev–Trinajstić information content (AvgIpc) is 2.82. The molecule has 0 saturated carbocycles. The summed E-state index contributed by atoms with van der Waals surface area (Å²) in [6.45, 7) is 6.30. The Labute approximate surface area is 121 Å². The highest BCUT2D eigenvalue weighted by molar-refractivity contribution is 5.22. The van der Waals surface area contributed by atoms with E-state index in [-0.39, 0.29) is 0 Å². The number of rotatable bonds is 7. The fraction of sp³-hybridized carbons (Fsp3) is 0.500. The van der Waals surface area contributed by atoms with Crippen LogP contribution >= 0.6 is 0 Å². The minimum atomic E-state index is 0.541. The third-order valence-corrected chi connectivity index (χ3v) is 3.57. The largest absolute Gasteiger partial charge is 0.317 e. The SMILES string of the molecule is CCNCC(Cc1cccc(C)c1)Cc1ncnn1C. The zero-order valence-corrected chi connectivity index (χ0v) is 12.6. The van der Waals surface area contributed by atoms with Crippen molar-refractivity contribution in [2.75, 3.05) is 13.1 Å². The third kappa shape index (κ3) is 4.17. The zero-order chi connectivity index (χ0) is 14.4. The summed E-state index contributed by atoms with van der Waals surface area (Å²) in [7, 11) is 1.96. The van der Waals surface area contributed by atoms with Crippen molar-refractivity contribution in [1.82, 2.24) is 20.1 Å². The van der Waals surface area contributed by atoms with Gasteiger partial charge in [0.2, 0.25) is 0 Å². The van der Waals surface area contributed by atoms with E-state index < -0.39 is 0 Å². The minimum Gasteiger partial charge on any atom is -0.317 e. The van der Waals surface area contributed by atoms with Gasteiger partial charge in [-0.05, 0) is 37.9 Å². The summed E-state index contributed by atoms with van der Waals surface area (Å²) in [6.07, 6.45) is 3.66. The predicted molar refractivity (Wildman–Crippen MR) is 81.6 cm³/mol. The Kier molecular flexibility index (Phi) is 5.30. The van der Waals surface area contributed by atoms with Crippen LogP contribution in [0.5, 0.6) is 0 Å². The van der Waals surface area contributed by atoms with E-state index >= 15 is 0 Å². The van der Waals surface area contributed by atoms with Gasteiger partial charge in [-0.25, -0.2) is 4.98 Å². The number of nitrogens with zero attached hydrogens (tertiary/aromatic N) is 3. The highest BCUT2D eigenvalue weighted by Gasteiger charge is 2.13. The molecular weight excluding hydrogens is 248 g/mol. The normalized spacial score (nSPS) is 12.6. The van der Waals surface area contributed by atoms with Gasteiger partial charge in [0.15, 0.2) is 0 Å². The van der Waals surface area contributed by atoms with Crippen LogP contribution < -0.4 is 5.32 Å². The molecule has 0 aliphatic rings. The number of benzene rings is 1. The maximum absolute atomic E-state index is 4.35. The lowest BCUT2D eigenvalue weighted by molar-refractivity contribution is 0.459. The van der Waals surface area contributed by atoms with Crippen molar-refractivity contribution in [3.63, 3.8) is 0 Å². The van der Waals surface area contributed by atoms with Crippen molar-refractivity contribution >= 4 is 0 Å². The summed E-state index contributed by atoms with van der Waals surface area (Å²) < 4.78 is 1.87. The van der Waals surface area contributed by atoms with Crippen LogP contribution in [0.15, 0.2) is 30.6 Å². The molecule has 0 aliphatic carbocycles. The van der Waals surface area contributed by atoms with Crippen molar-refractivity contribution in [2.24, 2.45) is 13.0 Å². The fourth-order valence-electron chi connectivity index (χ4n) is 2.50. The van der Waals surface area contributed by atoms with E-state index in [4.69, 9.17) is 0 Å². The molecule has 2 rings (SSSR count). The lowest BCUT2D eigenvalue weighted by Gasteiger charge is -2.17. The van der Waals surface area contributed by atoms with Gasteiger partial charge in [-0.1, -0.05) is 36.8 Å². The first-order valence-electron chi connectivity index (χ1n) is 7.28. The minimum absolute atomic E-state index is 0.541. The van der Waals surface area contributed by atoms with Gasteiger partial charge in [-0.15, -0.1) is 0 Å². The van der Waals surface area contributed by atoms with E-state index in [0.29, 0.717) is 5.92 Å². The van der Waals surface area contributed by atoms with Gasteiger partial charge in [0.1, 0.15) is 12.2 Å². The third-order valence-electron chi connectivity index (χ3n) is 3.57. The molecule has 0 saturated heterocycles. The summed E-state index contributed by atoms with van der Waals surface area (Å²) in [6, 6.07) is 8.76. The van der Waals surface area contributed by atoms with Gasteiger partial charge >= 0.3 is 0 Å². The summed E-state index contributed by atoms with van der Waals surface area (Å²) in [5.41, 5.74) is 2.72. The highest BCUT2D eigenvalue weighted by atomic mass is 15.3. The molecule has 1 unspecified atom stereocenters. The van der Waals surface area contributed by atoms with E-state index in [0.717, 1.165) is 31.8 Å². The number of aromatic nitrogens is 3. The Balaban J connectivity index is 2.05. The van der Waals surface area contributed by atoms with Crippen molar-refractivity contribution in [1.29, 1.82) is 0 Å². The zero-order valence-electron chi connectivity index (χ0n) is 12.6. The molecule has 0 fully saturated rings. The van der Waals surface area contributed by atoms with Crippen molar-refractivity contribution in [3.8, 4) is 0 Å². The molecule has 0 aliphatic heterocycles. The predicted octanol–water partition coefficient (Wildman–Crippen LogP) is 2.13. The standard InChI is InChI=1S/C16H24N4/c1-4-17-11-15(10-16-18-12-19-20(16)3)9-14-7-5-6-13(2)8-14/h5-8,12,15,17H,4,9-11H2,1-3H3. The van der Waals surface area contributed by atoms with Gasteiger partial charge in [0.25, 0.3) is 0 Å². The number of hydrogen-bond donors (Lipinski definition) is 1. The monoisotopic (exact) mass is 272 g/mol. The topological polar surface area (TPSA) is 42.7 Å².